The molecule has 0 atom stereocenters. The Kier molecular flexibility index (Phi) is 1.49. The zero-order chi connectivity index (χ0) is 9.54. The van der Waals surface area contributed by atoms with E-state index in [1.165, 1.54) is 0 Å². The maximum Gasteiger partial charge on any atom is 0.234 e. The van der Waals surface area contributed by atoms with E-state index in [9.17, 15) is 0 Å². The molecule has 0 spiro atoms. The molecule has 0 amide bonds. The number of imidazole rings is 1. The molecule has 0 bridgehead atoms. The molecule has 2 heterocycles. The lowest BCUT2D eigenvalue weighted by Gasteiger charge is -1.93. The molecule has 0 aliphatic rings. The van der Waals surface area contributed by atoms with Gasteiger partial charge < -0.3 is 0 Å². The van der Waals surface area contributed by atoms with Crippen LogP contribution in [0.5, 0.6) is 0 Å². The Labute approximate surface area is 85.0 Å². The van der Waals surface area contributed by atoms with E-state index >= 15 is 0 Å². The molecule has 0 unspecified atom stereocenters. The summed E-state index contributed by atoms with van der Waals surface area (Å²) in [4.78, 5) is 8.51. The molecule has 1 aromatic carbocycles. The maximum absolute atomic E-state index is 5.91. The predicted molar refractivity (Wildman–Crippen MR) is 55.5 cm³/mol. The average molecular weight is 204 g/mol. The van der Waals surface area contributed by atoms with Crippen molar-refractivity contribution in [1.82, 2.24) is 14.4 Å². The molecule has 3 rings (SSSR count). The molecule has 0 fully saturated rings. The lowest BCUT2D eigenvalue weighted by molar-refractivity contribution is 1.13. The number of nitrogens with zero attached hydrogens (tertiary/aromatic N) is 3. The average Bonchev–Trinajstić information content (AvgIpc) is 2.56. The first-order valence-electron chi connectivity index (χ1n) is 4.23. The SMILES string of the molecule is Clc1ccc2nc3ncccn3c2c1. The standard InChI is InChI=1S/C10H6ClN3/c11-7-2-3-8-9(6-7)14-5-1-4-12-10(14)13-8/h1-6H. The van der Waals surface area contributed by atoms with Gasteiger partial charge in [0, 0.05) is 17.4 Å². The van der Waals surface area contributed by atoms with E-state index in [1.54, 1.807) is 6.20 Å². The first-order chi connectivity index (χ1) is 6.84. The summed E-state index contributed by atoms with van der Waals surface area (Å²) in [6, 6.07) is 7.48. The molecule has 0 aliphatic carbocycles. The first-order valence-corrected chi connectivity index (χ1v) is 4.61. The summed E-state index contributed by atoms with van der Waals surface area (Å²) in [6.45, 7) is 0. The van der Waals surface area contributed by atoms with Crippen molar-refractivity contribution < 1.29 is 0 Å². The third kappa shape index (κ3) is 0.992. The van der Waals surface area contributed by atoms with Crippen LogP contribution in [0.3, 0.4) is 0 Å². The van der Waals surface area contributed by atoms with Crippen molar-refractivity contribution in [2.24, 2.45) is 0 Å². The fourth-order valence-electron chi connectivity index (χ4n) is 1.53. The van der Waals surface area contributed by atoms with Crippen LogP contribution in [0, 0.1) is 0 Å². The molecule has 3 aromatic rings. The number of fused-ring (bicyclic) bond motifs is 3. The van der Waals surface area contributed by atoms with E-state index in [2.05, 4.69) is 9.97 Å². The smallest absolute Gasteiger partial charge is 0.234 e. The van der Waals surface area contributed by atoms with E-state index < -0.39 is 0 Å². The van der Waals surface area contributed by atoms with E-state index in [-0.39, 0.29) is 0 Å². The minimum Gasteiger partial charge on any atom is -0.284 e. The van der Waals surface area contributed by atoms with Crippen molar-refractivity contribution >= 4 is 28.4 Å². The Balaban J connectivity index is 2.58. The van der Waals surface area contributed by atoms with Crippen LogP contribution >= 0.6 is 11.6 Å². The molecule has 14 heavy (non-hydrogen) atoms. The topological polar surface area (TPSA) is 30.2 Å². The number of halogens is 1. The van der Waals surface area contributed by atoms with Crippen molar-refractivity contribution in [1.29, 1.82) is 0 Å². The summed E-state index contributed by atoms with van der Waals surface area (Å²) in [5.74, 6) is 0.699. The Morgan fingerprint density at radius 2 is 2.21 bits per heavy atom. The Bertz CT molecular complexity index is 615. The summed E-state index contributed by atoms with van der Waals surface area (Å²) in [6.07, 6.45) is 3.65. The number of hydrogen-bond donors (Lipinski definition) is 0. The second-order valence-electron chi connectivity index (χ2n) is 3.03. The highest BCUT2D eigenvalue weighted by molar-refractivity contribution is 6.31. The molecule has 0 aliphatic heterocycles. The van der Waals surface area contributed by atoms with Crippen LogP contribution in [0.2, 0.25) is 5.02 Å². The van der Waals surface area contributed by atoms with Crippen molar-refractivity contribution in [3.63, 3.8) is 0 Å². The molecular formula is C10H6ClN3. The van der Waals surface area contributed by atoms with Crippen LogP contribution in [0.15, 0.2) is 36.7 Å². The molecule has 0 radical (unpaired) electrons. The van der Waals surface area contributed by atoms with Gasteiger partial charge in [-0.1, -0.05) is 11.6 Å². The lowest BCUT2D eigenvalue weighted by Crippen LogP contribution is -1.84. The zero-order valence-electron chi connectivity index (χ0n) is 7.18. The minimum absolute atomic E-state index is 0.699. The number of aromatic nitrogens is 3. The monoisotopic (exact) mass is 203 g/mol. The summed E-state index contributed by atoms with van der Waals surface area (Å²) < 4.78 is 1.92. The van der Waals surface area contributed by atoms with Crippen LogP contribution in [0.25, 0.3) is 16.8 Å². The first kappa shape index (κ1) is 7.76. The summed E-state index contributed by atoms with van der Waals surface area (Å²) in [7, 11) is 0. The minimum atomic E-state index is 0.699. The van der Waals surface area contributed by atoms with E-state index in [0.717, 1.165) is 11.0 Å². The van der Waals surface area contributed by atoms with E-state index in [4.69, 9.17) is 11.6 Å². The van der Waals surface area contributed by atoms with Gasteiger partial charge in [-0.05, 0) is 24.3 Å². The predicted octanol–water partition coefficient (Wildman–Crippen LogP) is 2.54. The van der Waals surface area contributed by atoms with Gasteiger partial charge in [-0.15, -0.1) is 0 Å². The number of hydrogen-bond acceptors (Lipinski definition) is 2. The maximum atomic E-state index is 5.91. The van der Waals surface area contributed by atoms with E-state index in [0.29, 0.717) is 10.8 Å². The van der Waals surface area contributed by atoms with Gasteiger partial charge in [-0.25, -0.2) is 9.97 Å². The van der Waals surface area contributed by atoms with Gasteiger partial charge in [0.05, 0.1) is 11.0 Å². The molecular weight excluding hydrogens is 198 g/mol. The number of benzene rings is 1. The Hall–Kier alpha value is -1.61. The zero-order valence-corrected chi connectivity index (χ0v) is 7.94. The van der Waals surface area contributed by atoms with Gasteiger partial charge in [-0.2, -0.15) is 0 Å². The third-order valence-electron chi connectivity index (χ3n) is 2.14. The van der Waals surface area contributed by atoms with Gasteiger partial charge in [0.15, 0.2) is 0 Å². The van der Waals surface area contributed by atoms with Crippen molar-refractivity contribution in [3.8, 4) is 0 Å². The van der Waals surface area contributed by atoms with Crippen LogP contribution in [-0.4, -0.2) is 14.4 Å². The second kappa shape index (κ2) is 2.69. The molecule has 0 saturated carbocycles. The van der Waals surface area contributed by atoms with Crippen LogP contribution in [0.1, 0.15) is 0 Å². The van der Waals surface area contributed by atoms with E-state index in [1.807, 2.05) is 34.9 Å². The highest BCUT2D eigenvalue weighted by Gasteiger charge is 2.03. The van der Waals surface area contributed by atoms with Gasteiger partial charge in [0.1, 0.15) is 0 Å². The summed E-state index contributed by atoms with van der Waals surface area (Å²) in [5.41, 5.74) is 1.90. The summed E-state index contributed by atoms with van der Waals surface area (Å²) >= 11 is 5.91. The number of rotatable bonds is 0. The van der Waals surface area contributed by atoms with Crippen molar-refractivity contribution in [3.05, 3.63) is 41.7 Å². The molecule has 0 saturated heterocycles. The molecule has 3 nitrogen and oxygen atoms in total. The third-order valence-corrected chi connectivity index (χ3v) is 2.38. The molecule has 2 aromatic heterocycles. The van der Waals surface area contributed by atoms with Gasteiger partial charge in [0.25, 0.3) is 0 Å². The lowest BCUT2D eigenvalue weighted by atomic mass is 10.3. The highest BCUT2D eigenvalue weighted by Crippen LogP contribution is 2.19. The quantitative estimate of drug-likeness (QED) is 0.562. The molecule has 4 heteroatoms. The molecule has 68 valence electrons. The van der Waals surface area contributed by atoms with Crippen LogP contribution in [-0.2, 0) is 0 Å². The fourth-order valence-corrected chi connectivity index (χ4v) is 1.69. The summed E-state index contributed by atoms with van der Waals surface area (Å²) in [5, 5.41) is 0.711. The van der Waals surface area contributed by atoms with Gasteiger partial charge >= 0.3 is 0 Å². The molecule has 0 N–H and O–H groups in total. The van der Waals surface area contributed by atoms with Gasteiger partial charge in [0.2, 0.25) is 5.78 Å². The largest absolute Gasteiger partial charge is 0.284 e. The fraction of sp³-hybridized carbons (Fsp3) is 0. The van der Waals surface area contributed by atoms with Crippen molar-refractivity contribution in [2.75, 3.05) is 0 Å². The van der Waals surface area contributed by atoms with Gasteiger partial charge in [-0.3, -0.25) is 4.40 Å². The normalized spacial score (nSPS) is 11.2. The second-order valence-corrected chi connectivity index (χ2v) is 3.47. The highest BCUT2D eigenvalue weighted by atomic mass is 35.5. The Morgan fingerprint density at radius 1 is 1.29 bits per heavy atom. The van der Waals surface area contributed by atoms with Crippen LogP contribution < -0.4 is 0 Å². The Morgan fingerprint density at radius 3 is 3.14 bits per heavy atom. The van der Waals surface area contributed by atoms with Crippen molar-refractivity contribution in [2.45, 2.75) is 0 Å². The van der Waals surface area contributed by atoms with Crippen LogP contribution in [0.4, 0.5) is 0 Å².